The van der Waals surface area contributed by atoms with Gasteiger partial charge in [0, 0.05) is 5.69 Å². The zero-order valence-electron chi connectivity index (χ0n) is 12.1. The van der Waals surface area contributed by atoms with Gasteiger partial charge in [-0.25, -0.2) is 0 Å². The first kappa shape index (κ1) is 15.9. The summed E-state index contributed by atoms with van der Waals surface area (Å²) >= 11 is 0. The van der Waals surface area contributed by atoms with E-state index in [0.717, 1.165) is 17.8 Å². The molecule has 0 saturated heterocycles. The van der Waals surface area contributed by atoms with Crippen LogP contribution in [0.3, 0.4) is 0 Å². The second kappa shape index (κ2) is 8.14. The number of aromatic nitrogens is 1. The van der Waals surface area contributed by atoms with E-state index in [2.05, 4.69) is 10.3 Å². The van der Waals surface area contributed by atoms with Crippen LogP contribution in [-0.2, 0) is 20.7 Å². The van der Waals surface area contributed by atoms with Gasteiger partial charge in [0.2, 0.25) is 0 Å². The molecule has 0 aromatic carbocycles. The Bertz CT molecular complexity index is 474. The lowest BCUT2D eigenvalue weighted by molar-refractivity contribution is -0.143. The van der Waals surface area contributed by atoms with Crippen molar-refractivity contribution in [1.82, 2.24) is 10.3 Å². The Morgan fingerprint density at radius 3 is 2.70 bits per heavy atom. The van der Waals surface area contributed by atoms with E-state index >= 15 is 0 Å². The molecule has 1 heterocycles. The summed E-state index contributed by atoms with van der Waals surface area (Å²) in [5.74, 6) is -0.253. The highest BCUT2D eigenvalue weighted by Crippen LogP contribution is 2.17. The number of esters is 1. The lowest BCUT2D eigenvalue weighted by Crippen LogP contribution is -2.34. The average Bonchev–Trinajstić information content (AvgIpc) is 2.44. The molecule has 110 valence electrons. The molecular formula is C14H20N2O4. The number of pyridine rings is 1. The van der Waals surface area contributed by atoms with Gasteiger partial charge in [0.1, 0.15) is 12.3 Å². The van der Waals surface area contributed by atoms with Crippen LogP contribution in [-0.4, -0.2) is 36.6 Å². The highest BCUT2D eigenvalue weighted by atomic mass is 16.5. The van der Waals surface area contributed by atoms with Gasteiger partial charge in [-0.1, -0.05) is 6.92 Å². The van der Waals surface area contributed by atoms with Crippen molar-refractivity contribution in [2.24, 2.45) is 0 Å². The molecule has 1 N–H and O–H groups in total. The molecule has 1 aromatic rings. The first-order valence-electron chi connectivity index (χ1n) is 6.58. The summed E-state index contributed by atoms with van der Waals surface area (Å²) in [6.07, 6.45) is 0.724. The molecule has 1 amide bonds. The lowest BCUT2D eigenvalue weighted by atomic mass is 10.2. The first-order valence-corrected chi connectivity index (χ1v) is 6.58. The monoisotopic (exact) mass is 280 g/mol. The summed E-state index contributed by atoms with van der Waals surface area (Å²) in [5.41, 5.74) is 1.71. The van der Waals surface area contributed by atoms with Gasteiger partial charge in [-0.15, -0.1) is 0 Å². The molecular weight excluding hydrogens is 260 g/mol. The molecule has 0 aliphatic heterocycles. The van der Waals surface area contributed by atoms with Crippen molar-refractivity contribution in [3.05, 3.63) is 23.5 Å². The number of hydrogen-bond acceptors (Lipinski definition) is 5. The number of carbonyl (C=O) groups excluding carboxylic acids is 2. The van der Waals surface area contributed by atoms with Crippen LogP contribution >= 0.6 is 0 Å². The van der Waals surface area contributed by atoms with Crippen LogP contribution in [0.5, 0.6) is 5.75 Å². The molecule has 0 aliphatic rings. The summed E-state index contributed by atoms with van der Waals surface area (Å²) in [4.78, 5) is 26.9. The van der Waals surface area contributed by atoms with E-state index in [1.807, 2.05) is 19.9 Å². The molecule has 1 aromatic heterocycles. The van der Waals surface area contributed by atoms with Gasteiger partial charge >= 0.3 is 5.97 Å². The number of nitrogens with one attached hydrogen (secondary N) is 1. The van der Waals surface area contributed by atoms with Crippen molar-refractivity contribution in [2.45, 2.75) is 27.2 Å². The van der Waals surface area contributed by atoms with E-state index in [9.17, 15) is 9.59 Å². The highest BCUT2D eigenvalue weighted by Gasteiger charge is 2.09. The molecule has 0 bridgehead atoms. The molecule has 0 radical (unpaired) electrons. The SMILES string of the molecule is CCOC(=O)CNC(=O)COc1ccc(C)nc1CC. The van der Waals surface area contributed by atoms with E-state index in [-0.39, 0.29) is 19.1 Å². The summed E-state index contributed by atoms with van der Waals surface area (Å²) in [7, 11) is 0. The quantitative estimate of drug-likeness (QED) is 0.754. The Morgan fingerprint density at radius 1 is 1.30 bits per heavy atom. The minimum Gasteiger partial charge on any atom is -0.482 e. The van der Waals surface area contributed by atoms with Crippen molar-refractivity contribution < 1.29 is 19.1 Å². The number of hydrogen-bond donors (Lipinski definition) is 1. The van der Waals surface area contributed by atoms with Crippen LogP contribution < -0.4 is 10.1 Å². The fourth-order valence-electron chi connectivity index (χ4n) is 1.56. The van der Waals surface area contributed by atoms with Crippen LogP contribution in [0.25, 0.3) is 0 Å². The van der Waals surface area contributed by atoms with E-state index in [1.54, 1.807) is 13.0 Å². The predicted octanol–water partition coefficient (Wildman–Crippen LogP) is 1.01. The van der Waals surface area contributed by atoms with E-state index in [0.29, 0.717) is 12.4 Å². The number of ether oxygens (including phenoxy) is 2. The van der Waals surface area contributed by atoms with Crippen LogP contribution in [0.2, 0.25) is 0 Å². The van der Waals surface area contributed by atoms with Gasteiger partial charge in [-0.05, 0) is 32.4 Å². The van der Waals surface area contributed by atoms with Crippen LogP contribution in [0.4, 0.5) is 0 Å². The third-order valence-electron chi connectivity index (χ3n) is 2.50. The van der Waals surface area contributed by atoms with E-state index < -0.39 is 5.97 Å². The predicted molar refractivity (Wildman–Crippen MR) is 73.5 cm³/mol. The van der Waals surface area contributed by atoms with Gasteiger partial charge in [0.25, 0.3) is 5.91 Å². The normalized spacial score (nSPS) is 9.95. The summed E-state index contributed by atoms with van der Waals surface area (Å²) in [6, 6.07) is 3.62. The zero-order chi connectivity index (χ0) is 15.0. The Hall–Kier alpha value is -2.11. The number of amides is 1. The number of nitrogens with zero attached hydrogens (tertiary/aromatic N) is 1. The van der Waals surface area contributed by atoms with Crippen molar-refractivity contribution >= 4 is 11.9 Å². The minimum atomic E-state index is -0.466. The maximum Gasteiger partial charge on any atom is 0.325 e. The van der Waals surface area contributed by atoms with Gasteiger partial charge < -0.3 is 14.8 Å². The van der Waals surface area contributed by atoms with Gasteiger partial charge in [-0.2, -0.15) is 0 Å². The standard InChI is InChI=1S/C14H20N2O4/c1-4-11-12(7-6-10(3)16-11)20-9-13(17)15-8-14(18)19-5-2/h6-7H,4-5,8-9H2,1-3H3,(H,15,17). The third-order valence-corrected chi connectivity index (χ3v) is 2.50. The Kier molecular flexibility index (Phi) is 6.49. The highest BCUT2D eigenvalue weighted by molar-refractivity contribution is 5.82. The van der Waals surface area contributed by atoms with Crippen molar-refractivity contribution in [2.75, 3.05) is 19.8 Å². The molecule has 6 nitrogen and oxygen atoms in total. The lowest BCUT2D eigenvalue weighted by Gasteiger charge is -2.10. The van der Waals surface area contributed by atoms with E-state index in [1.165, 1.54) is 0 Å². The largest absolute Gasteiger partial charge is 0.482 e. The topological polar surface area (TPSA) is 77.5 Å². The average molecular weight is 280 g/mol. The summed E-state index contributed by atoms with van der Waals surface area (Å²) in [6.45, 7) is 5.56. The molecule has 0 saturated carbocycles. The molecule has 0 unspecified atom stereocenters. The Morgan fingerprint density at radius 2 is 2.05 bits per heavy atom. The molecule has 0 fully saturated rings. The third kappa shape index (κ3) is 5.26. The Balaban J connectivity index is 2.43. The fraction of sp³-hybridized carbons (Fsp3) is 0.500. The number of aryl methyl sites for hydroxylation is 2. The van der Waals surface area contributed by atoms with Gasteiger partial charge in [-0.3, -0.25) is 14.6 Å². The van der Waals surface area contributed by atoms with Crippen LogP contribution in [0.15, 0.2) is 12.1 Å². The number of rotatable bonds is 7. The van der Waals surface area contributed by atoms with Crippen molar-refractivity contribution in [1.29, 1.82) is 0 Å². The van der Waals surface area contributed by atoms with Gasteiger partial charge in [0.15, 0.2) is 6.61 Å². The Labute approximate surface area is 118 Å². The second-order valence-corrected chi connectivity index (χ2v) is 4.12. The maximum absolute atomic E-state index is 11.5. The van der Waals surface area contributed by atoms with Crippen LogP contribution in [0.1, 0.15) is 25.2 Å². The summed E-state index contributed by atoms with van der Waals surface area (Å²) < 4.78 is 10.1. The smallest absolute Gasteiger partial charge is 0.325 e. The minimum absolute atomic E-state index is 0.150. The number of carbonyl (C=O) groups is 2. The molecule has 0 spiro atoms. The molecule has 20 heavy (non-hydrogen) atoms. The molecule has 0 atom stereocenters. The summed E-state index contributed by atoms with van der Waals surface area (Å²) in [5, 5.41) is 2.43. The van der Waals surface area contributed by atoms with E-state index in [4.69, 9.17) is 9.47 Å². The second-order valence-electron chi connectivity index (χ2n) is 4.12. The van der Waals surface area contributed by atoms with Crippen molar-refractivity contribution in [3.63, 3.8) is 0 Å². The maximum atomic E-state index is 11.5. The van der Waals surface area contributed by atoms with Crippen molar-refractivity contribution in [3.8, 4) is 5.75 Å². The van der Waals surface area contributed by atoms with Gasteiger partial charge in [0.05, 0.1) is 12.3 Å². The fourth-order valence-corrected chi connectivity index (χ4v) is 1.56. The molecule has 6 heteroatoms. The zero-order valence-corrected chi connectivity index (χ0v) is 12.1. The first-order chi connectivity index (χ1) is 9.56. The van der Waals surface area contributed by atoms with Crippen LogP contribution in [0, 0.1) is 6.92 Å². The molecule has 1 rings (SSSR count). The molecule has 0 aliphatic carbocycles.